The summed E-state index contributed by atoms with van der Waals surface area (Å²) in [6.45, 7) is 5.27. The number of nitrogens with one attached hydrogen (secondary N) is 2. The van der Waals surface area contributed by atoms with Gasteiger partial charge in [0.25, 0.3) is 0 Å². The molecule has 5 heterocycles. The average molecular weight is 407 g/mol. The highest BCUT2D eigenvalue weighted by Crippen LogP contribution is 2.30. The Morgan fingerprint density at radius 2 is 2.10 bits per heavy atom. The van der Waals surface area contributed by atoms with Crippen LogP contribution in [0, 0.1) is 13.8 Å². The highest BCUT2D eigenvalue weighted by molar-refractivity contribution is 5.90. The van der Waals surface area contributed by atoms with Crippen molar-refractivity contribution in [2.45, 2.75) is 45.4 Å². The largest absolute Gasteiger partial charge is 0.381 e. The SMILES string of the molecule is CO[C@H]1CCO[C@@H](Cn2c(=O)[nH]c3ncc(-c4cnc5[nH]cc(C)c5c4C)cc32)C1. The normalized spacial score (nSPS) is 19.7. The van der Waals surface area contributed by atoms with Crippen molar-refractivity contribution in [2.75, 3.05) is 13.7 Å². The lowest BCUT2D eigenvalue weighted by Crippen LogP contribution is -2.35. The fourth-order valence-electron chi connectivity index (χ4n) is 4.49. The summed E-state index contributed by atoms with van der Waals surface area (Å²) in [7, 11) is 1.72. The molecule has 0 aliphatic carbocycles. The van der Waals surface area contributed by atoms with Crippen molar-refractivity contribution in [3.63, 3.8) is 0 Å². The number of nitrogens with zero attached hydrogens (tertiary/aromatic N) is 3. The molecule has 0 amide bonds. The van der Waals surface area contributed by atoms with E-state index < -0.39 is 0 Å². The van der Waals surface area contributed by atoms with Crippen molar-refractivity contribution in [3.8, 4) is 11.1 Å². The number of H-pyrrole nitrogens is 2. The van der Waals surface area contributed by atoms with E-state index in [0.717, 1.165) is 51.6 Å². The zero-order valence-electron chi connectivity index (χ0n) is 17.4. The maximum Gasteiger partial charge on any atom is 0.327 e. The zero-order valence-corrected chi connectivity index (χ0v) is 17.4. The van der Waals surface area contributed by atoms with Gasteiger partial charge in [-0.15, -0.1) is 0 Å². The molecule has 2 atom stereocenters. The van der Waals surface area contributed by atoms with Crippen LogP contribution < -0.4 is 5.69 Å². The maximum atomic E-state index is 12.6. The number of methoxy groups -OCH3 is 1. The van der Waals surface area contributed by atoms with Crippen LogP contribution >= 0.6 is 0 Å². The number of pyridine rings is 2. The molecule has 2 N–H and O–H groups in total. The lowest BCUT2D eigenvalue weighted by Gasteiger charge is -2.28. The Kier molecular flexibility index (Phi) is 4.67. The smallest absolute Gasteiger partial charge is 0.327 e. The molecule has 0 radical (unpaired) electrons. The molecule has 0 unspecified atom stereocenters. The molecular formula is C22H25N5O3. The average Bonchev–Trinajstić information content (AvgIpc) is 3.28. The number of rotatable bonds is 4. The molecule has 0 aromatic carbocycles. The van der Waals surface area contributed by atoms with Gasteiger partial charge in [0.05, 0.1) is 24.3 Å². The molecule has 1 saturated heterocycles. The Morgan fingerprint density at radius 3 is 2.93 bits per heavy atom. The number of hydrogen-bond acceptors (Lipinski definition) is 5. The molecule has 0 spiro atoms. The van der Waals surface area contributed by atoms with E-state index in [-0.39, 0.29) is 17.9 Å². The second-order valence-electron chi connectivity index (χ2n) is 8.00. The summed E-state index contributed by atoms with van der Waals surface area (Å²) in [6.07, 6.45) is 7.38. The highest BCUT2D eigenvalue weighted by atomic mass is 16.5. The number of aryl methyl sites for hydroxylation is 2. The summed E-state index contributed by atoms with van der Waals surface area (Å²) in [4.78, 5) is 27.8. The summed E-state index contributed by atoms with van der Waals surface area (Å²) < 4.78 is 13.1. The van der Waals surface area contributed by atoms with E-state index in [4.69, 9.17) is 9.47 Å². The molecular weight excluding hydrogens is 382 g/mol. The van der Waals surface area contributed by atoms with E-state index in [1.807, 2.05) is 18.5 Å². The molecule has 8 nitrogen and oxygen atoms in total. The Morgan fingerprint density at radius 1 is 1.27 bits per heavy atom. The van der Waals surface area contributed by atoms with Gasteiger partial charge in [0.15, 0.2) is 5.65 Å². The summed E-state index contributed by atoms with van der Waals surface area (Å²) in [6, 6.07) is 2.01. The topological polar surface area (TPSA) is 97.8 Å². The van der Waals surface area contributed by atoms with Gasteiger partial charge in [-0.2, -0.15) is 0 Å². The van der Waals surface area contributed by atoms with Gasteiger partial charge in [-0.1, -0.05) is 0 Å². The zero-order chi connectivity index (χ0) is 20.8. The number of ether oxygens (including phenoxy) is 2. The van der Waals surface area contributed by atoms with Crippen molar-refractivity contribution in [1.82, 2.24) is 24.5 Å². The standard InChI is InChI=1S/C22H25N5O3/c1-12-8-23-21-19(12)13(2)17(10-25-21)14-6-18-20(24-9-14)26-22(28)27(18)11-16-7-15(29-3)4-5-30-16/h6,8-10,15-16H,4-5,7,11H2,1-3H3,(H,23,25)(H,24,26,28)/t15-,16+/m0/s1. The molecule has 4 aromatic rings. The van der Waals surface area contributed by atoms with Gasteiger partial charge in [-0.3, -0.25) is 9.55 Å². The second kappa shape index (κ2) is 7.37. The molecule has 30 heavy (non-hydrogen) atoms. The molecule has 5 rings (SSSR count). The summed E-state index contributed by atoms with van der Waals surface area (Å²) in [5, 5.41) is 1.13. The third-order valence-corrected chi connectivity index (χ3v) is 6.14. The van der Waals surface area contributed by atoms with Gasteiger partial charge in [0.1, 0.15) is 5.65 Å². The predicted octanol–water partition coefficient (Wildman–Crippen LogP) is 3.08. The predicted molar refractivity (Wildman–Crippen MR) is 115 cm³/mol. The van der Waals surface area contributed by atoms with Crippen molar-refractivity contribution in [2.24, 2.45) is 0 Å². The van der Waals surface area contributed by atoms with Gasteiger partial charge in [-0.25, -0.2) is 14.8 Å². The minimum atomic E-state index is -0.176. The van der Waals surface area contributed by atoms with Crippen molar-refractivity contribution >= 4 is 22.2 Å². The Labute approximate surface area is 173 Å². The second-order valence-corrected chi connectivity index (χ2v) is 8.00. The van der Waals surface area contributed by atoms with Crippen LogP contribution in [0.1, 0.15) is 24.0 Å². The van der Waals surface area contributed by atoms with Crippen molar-refractivity contribution < 1.29 is 9.47 Å². The van der Waals surface area contributed by atoms with Crippen LogP contribution in [-0.2, 0) is 16.0 Å². The van der Waals surface area contributed by atoms with E-state index in [1.165, 1.54) is 0 Å². The van der Waals surface area contributed by atoms with Gasteiger partial charge in [0, 0.05) is 55.2 Å². The van der Waals surface area contributed by atoms with Crippen LogP contribution in [0.3, 0.4) is 0 Å². The number of aromatic nitrogens is 5. The number of hydrogen-bond donors (Lipinski definition) is 2. The van der Waals surface area contributed by atoms with Crippen LogP contribution in [0.2, 0.25) is 0 Å². The Hall–Kier alpha value is -2.97. The lowest BCUT2D eigenvalue weighted by atomic mass is 10.0. The lowest BCUT2D eigenvalue weighted by molar-refractivity contribution is -0.0638. The minimum absolute atomic E-state index is 0.0636. The van der Waals surface area contributed by atoms with Crippen LogP contribution in [-0.4, -0.2) is 50.4 Å². The van der Waals surface area contributed by atoms with Gasteiger partial charge >= 0.3 is 5.69 Å². The van der Waals surface area contributed by atoms with Crippen LogP contribution in [0.5, 0.6) is 0 Å². The monoisotopic (exact) mass is 407 g/mol. The first kappa shape index (κ1) is 19.0. The quantitative estimate of drug-likeness (QED) is 0.542. The first-order chi connectivity index (χ1) is 14.5. The van der Waals surface area contributed by atoms with E-state index in [0.29, 0.717) is 18.8 Å². The Balaban J connectivity index is 1.56. The van der Waals surface area contributed by atoms with Gasteiger partial charge < -0.3 is 14.5 Å². The molecule has 1 aliphatic rings. The number of fused-ring (bicyclic) bond motifs is 2. The summed E-state index contributed by atoms with van der Waals surface area (Å²) >= 11 is 0. The Bertz CT molecular complexity index is 1290. The van der Waals surface area contributed by atoms with E-state index in [2.05, 4.69) is 33.8 Å². The number of imidazole rings is 1. The van der Waals surface area contributed by atoms with E-state index in [9.17, 15) is 4.79 Å². The fraction of sp³-hybridized carbons (Fsp3) is 0.409. The molecule has 156 valence electrons. The molecule has 1 fully saturated rings. The van der Waals surface area contributed by atoms with E-state index >= 15 is 0 Å². The van der Waals surface area contributed by atoms with Gasteiger partial charge in [-0.05, 0) is 37.5 Å². The molecule has 4 aromatic heterocycles. The fourth-order valence-corrected chi connectivity index (χ4v) is 4.49. The van der Waals surface area contributed by atoms with E-state index in [1.54, 1.807) is 17.9 Å². The molecule has 1 aliphatic heterocycles. The number of aromatic amines is 2. The maximum absolute atomic E-state index is 12.6. The molecule has 0 saturated carbocycles. The molecule has 8 heteroatoms. The van der Waals surface area contributed by atoms with Gasteiger partial charge in [0.2, 0.25) is 0 Å². The first-order valence-electron chi connectivity index (χ1n) is 10.2. The van der Waals surface area contributed by atoms with Crippen LogP contribution in [0.4, 0.5) is 0 Å². The highest BCUT2D eigenvalue weighted by Gasteiger charge is 2.24. The molecule has 0 bridgehead atoms. The summed E-state index contributed by atoms with van der Waals surface area (Å²) in [5.74, 6) is 0. The van der Waals surface area contributed by atoms with Crippen molar-refractivity contribution in [1.29, 1.82) is 0 Å². The van der Waals surface area contributed by atoms with Crippen LogP contribution in [0.25, 0.3) is 33.3 Å². The third-order valence-electron chi connectivity index (χ3n) is 6.14. The third kappa shape index (κ3) is 3.12. The van der Waals surface area contributed by atoms with Crippen LogP contribution in [0.15, 0.2) is 29.5 Å². The summed E-state index contributed by atoms with van der Waals surface area (Å²) in [5.41, 5.74) is 6.29. The van der Waals surface area contributed by atoms with Crippen molar-refractivity contribution in [3.05, 3.63) is 46.3 Å². The first-order valence-corrected chi connectivity index (χ1v) is 10.2. The minimum Gasteiger partial charge on any atom is -0.381 e.